The predicted octanol–water partition coefficient (Wildman–Crippen LogP) is 4.71. The van der Waals surface area contributed by atoms with E-state index in [0.29, 0.717) is 12.8 Å². The molecule has 0 aromatic heterocycles. The molecule has 2 aliphatic heterocycles. The van der Waals surface area contributed by atoms with Crippen molar-refractivity contribution in [1.29, 1.82) is 0 Å². The van der Waals surface area contributed by atoms with Gasteiger partial charge in [-0.2, -0.15) is 5.10 Å². The Labute approximate surface area is 171 Å². The summed E-state index contributed by atoms with van der Waals surface area (Å²) in [5, 5.41) is 7.13. The van der Waals surface area contributed by atoms with E-state index in [9.17, 15) is 4.79 Å². The first-order valence-corrected chi connectivity index (χ1v) is 10.2. The lowest BCUT2D eigenvalue weighted by Crippen LogP contribution is -2.59. The summed E-state index contributed by atoms with van der Waals surface area (Å²) in [4.78, 5) is 12.7. The second-order valence-electron chi connectivity index (χ2n) is 9.16. The van der Waals surface area contributed by atoms with E-state index >= 15 is 0 Å². The van der Waals surface area contributed by atoms with Crippen LogP contribution in [-0.2, 0) is 4.79 Å². The number of fused-ring (bicyclic) bond motifs is 4. The van der Waals surface area contributed by atoms with Crippen LogP contribution in [0.2, 0.25) is 0 Å². The second kappa shape index (κ2) is 6.34. The van der Waals surface area contributed by atoms with Crippen LogP contribution in [0.4, 0.5) is 0 Å². The fourth-order valence-electron chi connectivity index (χ4n) is 5.20. The van der Waals surface area contributed by atoms with Gasteiger partial charge < -0.3 is 9.47 Å². The molecule has 1 aliphatic carbocycles. The van der Waals surface area contributed by atoms with Gasteiger partial charge in [0.1, 0.15) is 17.3 Å². The first kappa shape index (κ1) is 18.2. The summed E-state index contributed by atoms with van der Waals surface area (Å²) in [6, 6.07) is 16.3. The van der Waals surface area contributed by atoms with Crippen LogP contribution in [-0.4, -0.2) is 29.3 Å². The van der Waals surface area contributed by atoms with E-state index in [1.165, 1.54) is 0 Å². The van der Waals surface area contributed by atoms with Crippen LogP contribution in [0.1, 0.15) is 56.7 Å². The summed E-state index contributed by atoms with van der Waals surface area (Å²) in [5.41, 5.74) is 2.40. The zero-order valence-electron chi connectivity index (χ0n) is 17.1. The molecule has 2 atom stereocenters. The fourth-order valence-corrected chi connectivity index (χ4v) is 5.20. The van der Waals surface area contributed by atoms with Gasteiger partial charge in [0.15, 0.2) is 0 Å². The van der Waals surface area contributed by atoms with Gasteiger partial charge in [0.2, 0.25) is 5.72 Å². The van der Waals surface area contributed by atoms with Crippen LogP contribution in [0.5, 0.6) is 11.5 Å². The molecule has 1 saturated carbocycles. The number of hydrazone groups is 1. The highest BCUT2D eigenvalue weighted by Gasteiger charge is 2.56. The highest BCUT2D eigenvalue weighted by atomic mass is 16.5. The third kappa shape index (κ3) is 3.00. The average molecular weight is 390 g/mol. The first-order chi connectivity index (χ1) is 13.9. The Morgan fingerprint density at radius 1 is 1.10 bits per heavy atom. The SMILES string of the molecule is COc1ccc(C2=NN3C(C2)c2ccccc2OC32CC(=O)CC(C)(C)C2)cc1. The van der Waals surface area contributed by atoms with E-state index in [4.69, 9.17) is 14.6 Å². The minimum Gasteiger partial charge on any atom is -0.497 e. The number of hydrogen-bond donors (Lipinski definition) is 0. The summed E-state index contributed by atoms with van der Waals surface area (Å²) in [6.45, 7) is 4.30. The average Bonchev–Trinajstić information content (AvgIpc) is 3.13. The van der Waals surface area contributed by atoms with Gasteiger partial charge in [0, 0.05) is 24.8 Å². The van der Waals surface area contributed by atoms with Gasteiger partial charge >= 0.3 is 0 Å². The molecule has 29 heavy (non-hydrogen) atoms. The number of carbonyl (C=O) groups excluding carboxylic acids is 1. The van der Waals surface area contributed by atoms with E-state index in [2.05, 4.69) is 24.9 Å². The van der Waals surface area contributed by atoms with Gasteiger partial charge in [-0.3, -0.25) is 4.79 Å². The van der Waals surface area contributed by atoms with E-state index in [1.807, 2.05) is 42.5 Å². The van der Waals surface area contributed by atoms with Crippen molar-refractivity contribution < 1.29 is 14.3 Å². The molecule has 0 saturated heterocycles. The van der Waals surface area contributed by atoms with Crippen molar-refractivity contribution in [3.8, 4) is 11.5 Å². The lowest BCUT2D eigenvalue weighted by molar-refractivity contribution is -0.171. The minimum atomic E-state index is -0.716. The molecule has 1 spiro atoms. The van der Waals surface area contributed by atoms with Crippen LogP contribution in [0, 0.1) is 5.41 Å². The highest BCUT2D eigenvalue weighted by Crippen LogP contribution is 2.53. The van der Waals surface area contributed by atoms with Crippen LogP contribution >= 0.6 is 0 Å². The summed E-state index contributed by atoms with van der Waals surface area (Å²) in [5.74, 6) is 1.95. The number of carbonyl (C=O) groups is 1. The normalized spacial score (nSPS) is 27.1. The maximum atomic E-state index is 12.7. The number of rotatable bonds is 2. The standard InChI is InChI=1S/C24H26N2O3/c1-23(2)13-17(27)14-24(15-23)26-21(19-6-4-5-7-22(19)29-24)12-20(25-26)16-8-10-18(28-3)11-9-16/h4-11,21H,12-15H2,1-3H3. The Hall–Kier alpha value is -2.82. The maximum Gasteiger partial charge on any atom is 0.205 e. The Morgan fingerprint density at radius 3 is 2.59 bits per heavy atom. The lowest BCUT2D eigenvalue weighted by Gasteiger charge is -2.52. The Morgan fingerprint density at radius 2 is 1.86 bits per heavy atom. The van der Waals surface area contributed by atoms with Crippen LogP contribution < -0.4 is 9.47 Å². The number of Topliss-reactive ketones (excluding diaryl/α,β-unsaturated/α-hetero) is 1. The number of ketones is 1. The number of para-hydroxylation sites is 1. The molecule has 1 fully saturated rings. The van der Waals surface area contributed by atoms with E-state index in [-0.39, 0.29) is 17.2 Å². The van der Waals surface area contributed by atoms with Crippen molar-refractivity contribution in [2.24, 2.45) is 10.5 Å². The van der Waals surface area contributed by atoms with Gasteiger partial charge in [-0.1, -0.05) is 32.0 Å². The summed E-state index contributed by atoms with van der Waals surface area (Å²) < 4.78 is 11.9. The van der Waals surface area contributed by atoms with E-state index in [1.54, 1.807) is 7.11 Å². The molecule has 5 nitrogen and oxygen atoms in total. The topological polar surface area (TPSA) is 51.1 Å². The monoisotopic (exact) mass is 390 g/mol. The third-order valence-corrected chi connectivity index (χ3v) is 6.23. The molecular weight excluding hydrogens is 364 g/mol. The molecule has 5 heteroatoms. The lowest BCUT2D eigenvalue weighted by atomic mass is 9.71. The smallest absolute Gasteiger partial charge is 0.205 e. The molecule has 0 amide bonds. The first-order valence-electron chi connectivity index (χ1n) is 10.2. The van der Waals surface area contributed by atoms with Gasteiger partial charge in [0.25, 0.3) is 0 Å². The van der Waals surface area contributed by atoms with Gasteiger partial charge in [-0.15, -0.1) is 0 Å². The molecule has 2 heterocycles. The summed E-state index contributed by atoms with van der Waals surface area (Å²) in [7, 11) is 1.67. The van der Waals surface area contributed by atoms with Crippen LogP contribution in [0.3, 0.4) is 0 Å². The van der Waals surface area contributed by atoms with Crippen molar-refractivity contribution in [3.05, 3.63) is 59.7 Å². The minimum absolute atomic E-state index is 0.0822. The molecule has 150 valence electrons. The zero-order chi connectivity index (χ0) is 20.2. The summed E-state index contributed by atoms with van der Waals surface area (Å²) >= 11 is 0. The van der Waals surface area contributed by atoms with Crippen LogP contribution in [0.25, 0.3) is 0 Å². The Kier molecular flexibility index (Phi) is 3.99. The van der Waals surface area contributed by atoms with Gasteiger partial charge in [-0.05, 0) is 41.3 Å². The van der Waals surface area contributed by atoms with Crippen molar-refractivity contribution in [1.82, 2.24) is 5.01 Å². The predicted molar refractivity (Wildman–Crippen MR) is 111 cm³/mol. The van der Waals surface area contributed by atoms with Gasteiger partial charge in [-0.25, -0.2) is 5.01 Å². The molecule has 0 bridgehead atoms. The quantitative estimate of drug-likeness (QED) is 0.745. The Balaban J connectivity index is 1.60. The molecule has 2 aromatic rings. The fraction of sp³-hybridized carbons (Fsp3) is 0.417. The van der Waals surface area contributed by atoms with Crippen molar-refractivity contribution in [3.63, 3.8) is 0 Å². The molecule has 3 aliphatic rings. The van der Waals surface area contributed by atoms with Crippen LogP contribution in [0.15, 0.2) is 53.6 Å². The van der Waals surface area contributed by atoms with E-state index in [0.717, 1.165) is 41.2 Å². The van der Waals surface area contributed by atoms with Crippen molar-refractivity contribution >= 4 is 11.5 Å². The second-order valence-corrected chi connectivity index (χ2v) is 9.16. The third-order valence-electron chi connectivity index (χ3n) is 6.23. The number of nitrogens with zero attached hydrogens (tertiary/aromatic N) is 2. The molecular formula is C24H26N2O3. The number of ether oxygens (including phenoxy) is 2. The zero-order valence-corrected chi connectivity index (χ0v) is 17.1. The molecule has 5 rings (SSSR count). The molecule has 2 aromatic carbocycles. The molecule has 2 unspecified atom stereocenters. The van der Waals surface area contributed by atoms with Crippen molar-refractivity contribution in [2.75, 3.05) is 7.11 Å². The summed E-state index contributed by atoms with van der Waals surface area (Å²) in [6.07, 6.45) is 2.53. The van der Waals surface area contributed by atoms with E-state index < -0.39 is 5.72 Å². The Bertz CT molecular complexity index is 995. The highest BCUT2D eigenvalue weighted by molar-refractivity contribution is 6.02. The number of benzene rings is 2. The number of methoxy groups -OCH3 is 1. The van der Waals surface area contributed by atoms with Crippen molar-refractivity contribution in [2.45, 2.75) is 51.3 Å². The largest absolute Gasteiger partial charge is 0.497 e. The molecule has 0 N–H and O–H groups in total. The number of hydrogen-bond acceptors (Lipinski definition) is 5. The molecule has 0 radical (unpaired) electrons. The van der Waals surface area contributed by atoms with Gasteiger partial charge in [0.05, 0.1) is 25.3 Å². The maximum absolute atomic E-state index is 12.7.